The highest BCUT2D eigenvalue weighted by atomic mass is 16.5. The monoisotopic (exact) mass is 404 g/mol. The Morgan fingerprint density at radius 3 is 2.23 bits per heavy atom. The third kappa shape index (κ3) is 5.30. The predicted molar refractivity (Wildman–Crippen MR) is 117 cm³/mol. The van der Waals surface area contributed by atoms with E-state index in [1.807, 2.05) is 66.7 Å². The van der Waals surface area contributed by atoms with E-state index >= 15 is 0 Å². The average Bonchev–Trinajstić information content (AvgIpc) is 2.80. The summed E-state index contributed by atoms with van der Waals surface area (Å²) in [5, 5.41) is 2.95. The van der Waals surface area contributed by atoms with E-state index in [2.05, 4.69) is 10.2 Å². The number of ether oxygens (including phenoxy) is 3. The highest BCUT2D eigenvalue weighted by molar-refractivity contribution is 5.95. The molecule has 6 heteroatoms. The van der Waals surface area contributed by atoms with Crippen LogP contribution in [-0.2, 0) is 9.53 Å². The van der Waals surface area contributed by atoms with Gasteiger partial charge in [0.1, 0.15) is 17.2 Å². The van der Waals surface area contributed by atoms with Crippen LogP contribution in [0.5, 0.6) is 17.2 Å². The molecule has 0 saturated carbocycles. The Morgan fingerprint density at radius 2 is 1.47 bits per heavy atom. The summed E-state index contributed by atoms with van der Waals surface area (Å²) in [7, 11) is 0. The van der Waals surface area contributed by atoms with Crippen LogP contribution in [0.4, 0.5) is 11.4 Å². The first-order valence-corrected chi connectivity index (χ1v) is 9.95. The number of nitrogens with zero attached hydrogens (tertiary/aromatic N) is 1. The molecule has 0 atom stereocenters. The van der Waals surface area contributed by atoms with Gasteiger partial charge in [-0.2, -0.15) is 0 Å². The SMILES string of the molecule is O=C(COc1ccc(Oc2ccccc2)cc1)Nc1ccccc1N1CCOCC1. The minimum Gasteiger partial charge on any atom is -0.484 e. The van der Waals surface area contributed by atoms with Crippen LogP contribution in [0.3, 0.4) is 0 Å². The Hall–Kier alpha value is -3.51. The van der Waals surface area contributed by atoms with Crippen LogP contribution >= 0.6 is 0 Å². The van der Waals surface area contributed by atoms with Gasteiger partial charge >= 0.3 is 0 Å². The van der Waals surface area contributed by atoms with E-state index in [0.717, 1.165) is 30.2 Å². The maximum atomic E-state index is 12.4. The second-order valence-corrected chi connectivity index (χ2v) is 6.84. The number of rotatable bonds is 7. The zero-order chi connectivity index (χ0) is 20.6. The lowest BCUT2D eigenvalue weighted by atomic mass is 10.2. The van der Waals surface area contributed by atoms with Crippen molar-refractivity contribution in [2.45, 2.75) is 0 Å². The zero-order valence-electron chi connectivity index (χ0n) is 16.6. The maximum absolute atomic E-state index is 12.4. The first-order valence-electron chi connectivity index (χ1n) is 9.95. The minimum absolute atomic E-state index is 0.0731. The average molecular weight is 404 g/mol. The standard InChI is InChI=1S/C24H24N2O4/c27-24(25-22-8-4-5-9-23(22)26-14-16-28-17-15-26)18-29-19-10-12-21(13-11-19)30-20-6-2-1-3-7-20/h1-13H,14-18H2,(H,25,27). The molecule has 0 radical (unpaired) electrons. The third-order valence-corrected chi connectivity index (χ3v) is 4.70. The zero-order valence-corrected chi connectivity index (χ0v) is 16.6. The Kier molecular flexibility index (Phi) is 6.47. The first-order chi connectivity index (χ1) is 14.8. The summed E-state index contributed by atoms with van der Waals surface area (Å²) >= 11 is 0. The summed E-state index contributed by atoms with van der Waals surface area (Å²) in [6.45, 7) is 2.92. The molecular formula is C24H24N2O4. The number of carbonyl (C=O) groups excluding carboxylic acids is 1. The molecule has 6 nitrogen and oxygen atoms in total. The lowest BCUT2D eigenvalue weighted by molar-refractivity contribution is -0.118. The normalized spacial score (nSPS) is 13.5. The number of hydrogen-bond donors (Lipinski definition) is 1. The summed E-state index contributed by atoms with van der Waals surface area (Å²) in [4.78, 5) is 14.6. The van der Waals surface area contributed by atoms with Crippen LogP contribution in [0.15, 0.2) is 78.9 Å². The van der Waals surface area contributed by atoms with Gasteiger partial charge in [0.05, 0.1) is 24.6 Å². The predicted octanol–water partition coefficient (Wildman–Crippen LogP) is 4.33. The minimum atomic E-state index is -0.208. The van der Waals surface area contributed by atoms with Gasteiger partial charge < -0.3 is 24.4 Å². The van der Waals surface area contributed by atoms with E-state index in [1.165, 1.54) is 0 Å². The lowest BCUT2D eigenvalue weighted by Crippen LogP contribution is -2.36. The fraction of sp³-hybridized carbons (Fsp3) is 0.208. The van der Waals surface area contributed by atoms with Gasteiger partial charge in [-0.1, -0.05) is 30.3 Å². The summed E-state index contributed by atoms with van der Waals surface area (Å²) in [5.74, 6) is 1.87. The second-order valence-electron chi connectivity index (χ2n) is 6.84. The van der Waals surface area contributed by atoms with Crippen molar-refractivity contribution in [3.63, 3.8) is 0 Å². The van der Waals surface area contributed by atoms with Crippen molar-refractivity contribution in [2.24, 2.45) is 0 Å². The van der Waals surface area contributed by atoms with Crippen LogP contribution in [0.2, 0.25) is 0 Å². The van der Waals surface area contributed by atoms with Crippen molar-refractivity contribution in [1.29, 1.82) is 0 Å². The van der Waals surface area contributed by atoms with Crippen molar-refractivity contribution in [1.82, 2.24) is 0 Å². The van der Waals surface area contributed by atoms with Gasteiger partial charge in [-0.3, -0.25) is 4.79 Å². The summed E-state index contributed by atoms with van der Waals surface area (Å²) in [6.07, 6.45) is 0. The van der Waals surface area contributed by atoms with E-state index in [9.17, 15) is 4.79 Å². The molecule has 0 spiro atoms. The fourth-order valence-electron chi connectivity index (χ4n) is 3.22. The topological polar surface area (TPSA) is 60.0 Å². The second kappa shape index (κ2) is 9.80. The van der Waals surface area contributed by atoms with E-state index in [-0.39, 0.29) is 12.5 Å². The van der Waals surface area contributed by atoms with Crippen molar-refractivity contribution in [2.75, 3.05) is 43.1 Å². The summed E-state index contributed by atoms with van der Waals surface area (Å²) in [6, 6.07) is 24.5. The summed E-state index contributed by atoms with van der Waals surface area (Å²) < 4.78 is 16.8. The van der Waals surface area contributed by atoms with Crippen LogP contribution < -0.4 is 19.7 Å². The van der Waals surface area contributed by atoms with Crippen molar-refractivity contribution in [3.05, 3.63) is 78.9 Å². The number of benzene rings is 3. The smallest absolute Gasteiger partial charge is 0.262 e. The molecule has 3 aromatic carbocycles. The first kappa shape index (κ1) is 19.8. The van der Waals surface area contributed by atoms with E-state index in [0.29, 0.717) is 24.7 Å². The molecular weight excluding hydrogens is 380 g/mol. The third-order valence-electron chi connectivity index (χ3n) is 4.70. The molecule has 1 amide bonds. The van der Waals surface area contributed by atoms with Gasteiger partial charge in [0.25, 0.3) is 5.91 Å². The number of amides is 1. The van der Waals surface area contributed by atoms with Crippen molar-refractivity contribution >= 4 is 17.3 Å². The highest BCUT2D eigenvalue weighted by Crippen LogP contribution is 2.27. The van der Waals surface area contributed by atoms with Crippen molar-refractivity contribution in [3.8, 4) is 17.2 Å². The molecule has 1 fully saturated rings. The molecule has 1 aliphatic heterocycles. The van der Waals surface area contributed by atoms with E-state index in [1.54, 1.807) is 12.1 Å². The number of anilines is 2. The molecule has 0 bridgehead atoms. The number of para-hydroxylation sites is 3. The fourth-order valence-corrected chi connectivity index (χ4v) is 3.22. The Balaban J connectivity index is 1.31. The van der Waals surface area contributed by atoms with Gasteiger partial charge in [0.15, 0.2) is 6.61 Å². The van der Waals surface area contributed by atoms with Crippen LogP contribution in [0, 0.1) is 0 Å². The van der Waals surface area contributed by atoms with Gasteiger partial charge in [-0.25, -0.2) is 0 Å². The highest BCUT2D eigenvalue weighted by Gasteiger charge is 2.15. The molecule has 1 aliphatic rings. The van der Waals surface area contributed by atoms with Crippen LogP contribution in [0.1, 0.15) is 0 Å². The number of carbonyl (C=O) groups is 1. The molecule has 154 valence electrons. The molecule has 4 rings (SSSR count). The number of morpholine rings is 1. The van der Waals surface area contributed by atoms with Gasteiger partial charge in [-0.05, 0) is 48.5 Å². The Labute approximate surface area is 176 Å². The molecule has 0 unspecified atom stereocenters. The van der Waals surface area contributed by atoms with Gasteiger partial charge in [-0.15, -0.1) is 0 Å². The molecule has 1 saturated heterocycles. The molecule has 1 heterocycles. The Morgan fingerprint density at radius 1 is 0.833 bits per heavy atom. The maximum Gasteiger partial charge on any atom is 0.262 e. The van der Waals surface area contributed by atoms with Gasteiger partial charge in [0.2, 0.25) is 0 Å². The molecule has 3 aromatic rings. The Bertz CT molecular complexity index is 954. The van der Waals surface area contributed by atoms with Gasteiger partial charge in [0, 0.05) is 13.1 Å². The quantitative estimate of drug-likeness (QED) is 0.635. The van der Waals surface area contributed by atoms with Crippen LogP contribution in [-0.4, -0.2) is 38.8 Å². The largest absolute Gasteiger partial charge is 0.484 e. The van der Waals surface area contributed by atoms with E-state index in [4.69, 9.17) is 14.2 Å². The number of hydrogen-bond acceptors (Lipinski definition) is 5. The molecule has 30 heavy (non-hydrogen) atoms. The van der Waals surface area contributed by atoms with Crippen molar-refractivity contribution < 1.29 is 19.0 Å². The summed E-state index contributed by atoms with van der Waals surface area (Å²) in [5.41, 5.74) is 1.77. The van der Waals surface area contributed by atoms with E-state index < -0.39 is 0 Å². The molecule has 0 aromatic heterocycles. The lowest BCUT2D eigenvalue weighted by Gasteiger charge is -2.30. The molecule has 0 aliphatic carbocycles. The van der Waals surface area contributed by atoms with Crippen LogP contribution in [0.25, 0.3) is 0 Å². The molecule has 1 N–H and O–H groups in total. The number of nitrogens with one attached hydrogen (secondary N) is 1.